The Balaban J connectivity index is 1.66. The summed E-state index contributed by atoms with van der Waals surface area (Å²) in [7, 11) is 1.65. The molecule has 1 saturated heterocycles. The van der Waals surface area contributed by atoms with Gasteiger partial charge in [-0.3, -0.25) is 9.59 Å². The van der Waals surface area contributed by atoms with Crippen molar-refractivity contribution in [2.75, 3.05) is 30.0 Å². The monoisotopic (exact) mass is 307 g/mol. The molecule has 1 fully saturated rings. The van der Waals surface area contributed by atoms with Gasteiger partial charge in [-0.2, -0.15) is 0 Å². The second-order valence-electron chi connectivity index (χ2n) is 5.09. The minimum absolute atomic E-state index is 0.0172. The van der Waals surface area contributed by atoms with Gasteiger partial charge in [0, 0.05) is 24.2 Å². The van der Waals surface area contributed by atoms with Gasteiger partial charge in [-0.25, -0.2) is 0 Å². The Morgan fingerprint density at radius 2 is 2.33 bits per heavy atom. The molecule has 0 spiro atoms. The van der Waals surface area contributed by atoms with E-state index in [2.05, 4.69) is 16.0 Å². The lowest BCUT2D eigenvalue weighted by molar-refractivity contribution is -0.118. The molecule has 21 heavy (non-hydrogen) atoms. The molecule has 6 nitrogen and oxygen atoms in total. The van der Waals surface area contributed by atoms with Gasteiger partial charge in [0.25, 0.3) is 0 Å². The van der Waals surface area contributed by atoms with Gasteiger partial charge in [0.1, 0.15) is 0 Å². The fourth-order valence-corrected chi connectivity index (χ4v) is 3.26. The van der Waals surface area contributed by atoms with Crippen molar-refractivity contribution >= 4 is 35.0 Å². The number of nitrogens with one attached hydrogen (secondary N) is 3. The normalized spacial score (nSPS) is 24.3. The first kappa shape index (κ1) is 14.4. The van der Waals surface area contributed by atoms with Crippen molar-refractivity contribution in [2.45, 2.75) is 23.5 Å². The highest BCUT2D eigenvalue weighted by Gasteiger charge is 2.29. The van der Waals surface area contributed by atoms with Crippen LogP contribution >= 0.6 is 11.8 Å². The minimum atomic E-state index is -0.241. The molecule has 0 aromatic heterocycles. The zero-order valence-corrected chi connectivity index (χ0v) is 12.5. The number of carbonyl (C=O) groups excluding carboxylic acids is 2. The molecule has 2 unspecified atom stereocenters. The van der Waals surface area contributed by atoms with E-state index in [4.69, 9.17) is 4.74 Å². The summed E-state index contributed by atoms with van der Waals surface area (Å²) >= 11 is 1.50. The molecule has 1 aromatic rings. The van der Waals surface area contributed by atoms with Crippen LogP contribution in [0, 0.1) is 0 Å². The molecule has 2 amide bonds. The Bertz CT molecular complexity index is 579. The van der Waals surface area contributed by atoms with Crippen molar-refractivity contribution in [1.82, 2.24) is 5.32 Å². The number of ether oxygens (including phenoxy) is 1. The van der Waals surface area contributed by atoms with Crippen molar-refractivity contribution in [2.24, 2.45) is 0 Å². The van der Waals surface area contributed by atoms with Crippen molar-refractivity contribution in [1.29, 1.82) is 0 Å². The molecule has 7 heteroatoms. The summed E-state index contributed by atoms with van der Waals surface area (Å²) in [6.45, 7) is 0.686. The number of carbonyl (C=O) groups is 2. The second-order valence-corrected chi connectivity index (χ2v) is 6.11. The highest BCUT2D eigenvalue weighted by molar-refractivity contribution is 8.00. The van der Waals surface area contributed by atoms with E-state index in [1.165, 1.54) is 11.8 Å². The number of amides is 2. The van der Waals surface area contributed by atoms with Gasteiger partial charge in [-0.05, 0) is 24.6 Å². The molecule has 2 atom stereocenters. The summed E-state index contributed by atoms with van der Waals surface area (Å²) in [5.74, 6) is 0.337. The summed E-state index contributed by atoms with van der Waals surface area (Å²) in [5, 5.41) is 8.82. The van der Waals surface area contributed by atoms with Crippen molar-refractivity contribution < 1.29 is 14.3 Å². The molecule has 0 radical (unpaired) electrons. The maximum Gasteiger partial charge on any atom is 0.241 e. The lowest BCUT2D eigenvalue weighted by Crippen LogP contribution is -2.35. The Labute approximate surface area is 127 Å². The summed E-state index contributed by atoms with van der Waals surface area (Å²) in [6, 6.07) is 5.31. The van der Waals surface area contributed by atoms with Gasteiger partial charge in [-0.1, -0.05) is 0 Å². The Kier molecular flexibility index (Phi) is 4.14. The van der Waals surface area contributed by atoms with Gasteiger partial charge in [0.15, 0.2) is 0 Å². The van der Waals surface area contributed by atoms with Gasteiger partial charge < -0.3 is 20.7 Å². The smallest absolute Gasteiger partial charge is 0.241 e. The number of methoxy groups -OCH3 is 1. The van der Waals surface area contributed by atoms with E-state index < -0.39 is 0 Å². The minimum Gasteiger partial charge on any atom is -0.380 e. The van der Waals surface area contributed by atoms with Crippen LogP contribution in [0.1, 0.15) is 6.42 Å². The molecular weight excluding hydrogens is 290 g/mol. The average molecular weight is 307 g/mol. The number of rotatable bonds is 3. The number of thioether (sulfide) groups is 1. The van der Waals surface area contributed by atoms with Gasteiger partial charge in [-0.15, -0.1) is 11.8 Å². The third-order valence-electron chi connectivity index (χ3n) is 3.62. The molecule has 112 valence electrons. The van der Waals surface area contributed by atoms with Gasteiger partial charge in [0.2, 0.25) is 11.8 Å². The number of benzene rings is 1. The van der Waals surface area contributed by atoms with Gasteiger partial charge >= 0.3 is 0 Å². The van der Waals surface area contributed by atoms with Crippen LogP contribution in [-0.4, -0.2) is 43.4 Å². The van der Waals surface area contributed by atoms with E-state index in [0.29, 0.717) is 24.4 Å². The lowest BCUT2D eigenvalue weighted by Gasteiger charge is -2.18. The number of hydrogen-bond donors (Lipinski definition) is 3. The van der Waals surface area contributed by atoms with Crippen LogP contribution in [0.5, 0.6) is 0 Å². The van der Waals surface area contributed by atoms with E-state index >= 15 is 0 Å². The third-order valence-corrected chi connectivity index (χ3v) is 4.69. The first-order valence-electron chi connectivity index (χ1n) is 6.79. The first-order chi connectivity index (χ1) is 10.2. The molecule has 2 heterocycles. The molecule has 0 saturated carbocycles. The molecule has 2 aliphatic heterocycles. The summed E-state index contributed by atoms with van der Waals surface area (Å²) in [4.78, 5) is 24.6. The highest BCUT2D eigenvalue weighted by Crippen LogP contribution is 2.33. The Morgan fingerprint density at radius 3 is 3.10 bits per heavy atom. The van der Waals surface area contributed by atoms with Crippen LogP contribution in [0.15, 0.2) is 23.1 Å². The number of hydrogen-bond acceptors (Lipinski definition) is 5. The van der Waals surface area contributed by atoms with Crippen molar-refractivity contribution in [3.63, 3.8) is 0 Å². The molecule has 3 rings (SSSR count). The van der Waals surface area contributed by atoms with Crippen LogP contribution in [-0.2, 0) is 14.3 Å². The molecule has 0 bridgehead atoms. The largest absolute Gasteiger partial charge is 0.380 e. The van der Waals surface area contributed by atoms with Crippen LogP contribution in [0.4, 0.5) is 11.4 Å². The number of fused-ring (bicyclic) bond motifs is 1. The maximum absolute atomic E-state index is 12.2. The molecule has 3 N–H and O–H groups in total. The zero-order chi connectivity index (χ0) is 14.8. The molecule has 2 aliphatic rings. The third kappa shape index (κ3) is 3.20. The quantitative estimate of drug-likeness (QED) is 0.778. The van der Waals surface area contributed by atoms with Crippen LogP contribution in [0.3, 0.4) is 0 Å². The van der Waals surface area contributed by atoms with E-state index in [1.807, 2.05) is 12.1 Å². The summed E-state index contributed by atoms with van der Waals surface area (Å²) in [6.07, 6.45) is 0.750. The fourth-order valence-electron chi connectivity index (χ4n) is 2.47. The Hall–Kier alpha value is -1.57. The average Bonchev–Trinajstić information content (AvgIpc) is 2.96. The predicted molar refractivity (Wildman–Crippen MR) is 81.6 cm³/mol. The second kappa shape index (κ2) is 6.05. The molecule has 0 aliphatic carbocycles. The summed E-state index contributed by atoms with van der Waals surface area (Å²) < 4.78 is 5.24. The first-order valence-corrected chi connectivity index (χ1v) is 7.78. The SMILES string of the molecule is COC1CNC(C(=O)Nc2ccc3c(c2)NC(=O)CS3)C1. The maximum atomic E-state index is 12.2. The van der Waals surface area contributed by atoms with Gasteiger partial charge in [0.05, 0.1) is 23.6 Å². The predicted octanol–water partition coefficient (Wildman–Crippen LogP) is 1.05. The Morgan fingerprint density at radius 1 is 1.48 bits per heavy atom. The van der Waals surface area contributed by atoms with Crippen molar-refractivity contribution in [3.05, 3.63) is 18.2 Å². The topological polar surface area (TPSA) is 79.5 Å². The molecular formula is C14H17N3O3S. The van der Waals surface area contributed by atoms with Crippen LogP contribution in [0.25, 0.3) is 0 Å². The standard InChI is InChI=1S/C14H17N3O3S/c1-20-9-5-11(15-6-9)14(19)16-8-2-3-12-10(4-8)17-13(18)7-21-12/h2-4,9,11,15H,5-7H2,1H3,(H,16,19)(H,17,18). The highest BCUT2D eigenvalue weighted by atomic mass is 32.2. The van der Waals surface area contributed by atoms with E-state index in [1.54, 1.807) is 13.2 Å². The van der Waals surface area contributed by atoms with Crippen molar-refractivity contribution in [3.8, 4) is 0 Å². The zero-order valence-electron chi connectivity index (χ0n) is 11.6. The van der Waals surface area contributed by atoms with E-state index in [0.717, 1.165) is 10.6 Å². The van der Waals surface area contributed by atoms with E-state index in [-0.39, 0.29) is 24.0 Å². The fraction of sp³-hybridized carbons (Fsp3) is 0.429. The van der Waals surface area contributed by atoms with Crippen LogP contribution in [0.2, 0.25) is 0 Å². The summed E-state index contributed by atoms with van der Waals surface area (Å²) in [5.41, 5.74) is 1.44. The lowest BCUT2D eigenvalue weighted by atomic mass is 10.2. The molecule has 1 aromatic carbocycles. The number of anilines is 2. The van der Waals surface area contributed by atoms with E-state index in [9.17, 15) is 9.59 Å². The van der Waals surface area contributed by atoms with Crippen LogP contribution < -0.4 is 16.0 Å².